The molecule has 0 aliphatic carbocycles. The Hall–Kier alpha value is -0.600. The van der Waals surface area contributed by atoms with Crippen LogP contribution >= 0.6 is 22.6 Å². The molecule has 0 N–H and O–H groups in total. The van der Waals surface area contributed by atoms with Gasteiger partial charge in [0.15, 0.2) is 5.75 Å². The number of pyridine rings is 1. The van der Waals surface area contributed by atoms with E-state index in [0.29, 0.717) is 0 Å². The Labute approximate surface area is 90.4 Å². The fourth-order valence-corrected chi connectivity index (χ4v) is 1.29. The first-order chi connectivity index (χ1) is 6.44. The van der Waals surface area contributed by atoms with E-state index in [4.69, 9.17) is 0 Å². The van der Waals surface area contributed by atoms with Crippen LogP contribution in [0.3, 0.4) is 0 Å². The number of alkyl halides is 4. The van der Waals surface area contributed by atoms with Crippen molar-refractivity contribution < 1.29 is 22.3 Å². The van der Waals surface area contributed by atoms with Gasteiger partial charge < -0.3 is 4.74 Å². The van der Waals surface area contributed by atoms with Gasteiger partial charge in [-0.25, -0.2) is 4.39 Å². The zero-order valence-electron chi connectivity index (χ0n) is 6.61. The van der Waals surface area contributed by atoms with Crippen LogP contribution < -0.4 is 4.74 Å². The molecule has 0 fully saturated rings. The van der Waals surface area contributed by atoms with Crippen LogP contribution in [0.15, 0.2) is 12.4 Å². The molecule has 0 aliphatic heterocycles. The average molecular weight is 321 g/mol. The third kappa shape index (κ3) is 2.96. The van der Waals surface area contributed by atoms with Crippen molar-refractivity contribution in [1.82, 2.24) is 4.98 Å². The highest BCUT2D eigenvalue weighted by molar-refractivity contribution is 14.1. The van der Waals surface area contributed by atoms with Crippen LogP contribution in [0, 0.1) is 3.57 Å². The highest BCUT2D eigenvalue weighted by atomic mass is 127. The number of nitrogens with zero attached hydrogens (tertiary/aromatic N) is 1. The summed E-state index contributed by atoms with van der Waals surface area (Å²) in [5.74, 6) is -0.478. The summed E-state index contributed by atoms with van der Waals surface area (Å²) in [4.78, 5) is 3.43. The summed E-state index contributed by atoms with van der Waals surface area (Å²) in [5.41, 5.74) is 0.0762. The van der Waals surface area contributed by atoms with Crippen molar-refractivity contribution in [2.24, 2.45) is 0 Å². The van der Waals surface area contributed by atoms with E-state index >= 15 is 0 Å². The molecule has 0 unspecified atom stereocenters. The van der Waals surface area contributed by atoms with E-state index in [1.165, 1.54) is 0 Å². The van der Waals surface area contributed by atoms with Crippen molar-refractivity contribution in [3.8, 4) is 5.75 Å². The molecule has 0 atom stereocenters. The third-order valence-corrected chi connectivity index (χ3v) is 2.51. The van der Waals surface area contributed by atoms with Gasteiger partial charge in [-0.2, -0.15) is 0 Å². The largest absolute Gasteiger partial charge is 0.573 e. The van der Waals surface area contributed by atoms with Crippen LogP contribution in [0.1, 0.15) is 5.56 Å². The molecule has 0 saturated carbocycles. The van der Waals surface area contributed by atoms with Crippen molar-refractivity contribution in [1.29, 1.82) is 0 Å². The summed E-state index contributed by atoms with van der Waals surface area (Å²) >= 11 is 1.58. The second-order valence-electron chi connectivity index (χ2n) is 2.29. The molecular formula is C7H4F4INO. The summed E-state index contributed by atoms with van der Waals surface area (Å²) in [6.07, 6.45) is -2.73. The summed E-state index contributed by atoms with van der Waals surface area (Å²) < 4.78 is 51.4. The van der Waals surface area contributed by atoms with E-state index in [9.17, 15) is 17.6 Å². The lowest BCUT2D eigenvalue weighted by molar-refractivity contribution is -0.275. The van der Waals surface area contributed by atoms with Gasteiger partial charge in [0.25, 0.3) is 0 Å². The van der Waals surface area contributed by atoms with Crippen molar-refractivity contribution in [3.05, 3.63) is 21.5 Å². The van der Waals surface area contributed by atoms with E-state index < -0.39 is 18.8 Å². The van der Waals surface area contributed by atoms with Crippen LogP contribution in [-0.4, -0.2) is 11.3 Å². The molecule has 0 bridgehead atoms. The molecule has 0 saturated heterocycles. The molecule has 0 spiro atoms. The summed E-state index contributed by atoms with van der Waals surface area (Å²) in [6.45, 7) is -0.875. The molecule has 0 aliphatic rings. The maximum Gasteiger partial charge on any atom is 0.573 e. The van der Waals surface area contributed by atoms with Crippen molar-refractivity contribution in [3.63, 3.8) is 0 Å². The molecule has 2 nitrogen and oxygen atoms in total. The predicted molar refractivity (Wildman–Crippen MR) is 48.4 cm³/mol. The minimum absolute atomic E-state index is 0.0762. The smallest absolute Gasteiger partial charge is 0.403 e. The maximum absolute atomic E-state index is 12.2. The Morgan fingerprint density at radius 2 is 2.00 bits per heavy atom. The Morgan fingerprint density at radius 3 is 2.50 bits per heavy atom. The zero-order chi connectivity index (χ0) is 10.8. The van der Waals surface area contributed by atoms with Gasteiger partial charge in [-0.3, -0.25) is 4.98 Å². The highest BCUT2D eigenvalue weighted by Gasteiger charge is 2.32. The highest BCUT2D eigenvalue weighted by Crippen LogP contribution is 2.28. The van der Waals surface area contributed by atoms with Gasteiger partial charge in [0.2, 0.25) is 0 Å². The van der Waals surface area contributed by atoms with Gasteiger partial charge in [0.1, 0.15) is 6.67 Å². The van der Waals surface area contributed by atoms with E-state index in [1.54, 1.807) is 22.6 Å². The standard InChI is InChI=1S/C7H4F4INO/c8-1-4-2-13-3-5(6(4)12)14-7(9,10)11/h2-3H,1H2. The molecule has 7 heteroatoms. The number of rotatable bonds is 2. The number of ether oxygens (including phenoxy) is 1. The first-order valence-corrected chi connectivity index (χ1v) is 4.46. The maximum atomic E-state index is 12.2. The number of hydrogen-bond donors (Lipinski definition) is 0. The Morgan fingerprint density at radius 1 is 1.36 bits per heavy atom. The third-order valence-electron chi connectivity index (χ3n) is 1.29. The molecule has 1 aromatic rings. The molecule has 0 radical (unpaired) electrons. The van der Waals surface area contributed by atoms with Crippen LogP contribution in [-0.2, 0) is 6.67 Å². The summed E-state index contributed by atoms with van der Waals surface area (Å²) in [7, 11) is 0. The zero-order valence-corrected chi connectivity index (χ0v) is 8.76. The van der Waals surface area contributed by atoms with Gasteiger partial charge >= 0.3 is 6.36 Å². The molecule has 14 heavy (non-hydrogen) atoms. The molecule has 0 aromatic carbocycles. The first-order valence-electron chi connectivity index (χ1n) is 3.38. The SMILES string of the molecule is FCc1cncc(OC(F)(F)F)c1I. The van der Waals surface area contributed by atoms with Crippen LogP contribution in [0.5, 0.6) is 5.75 Å². The monoisotopic (exact) mass is 321 g/mol. The molecule has 1 rings (SSSR count). The lowest BCUT2D eigenvalue weighted by Gasteiger charge is -2.10. The van der Waals surface area contributed by atoms with Crippen LogP contribution in [0.2, 0.25) is 0 Å². The van der Waals surface area contributed by atoms with Crippen LogP contribution in [0.4, 0.5) is 17.6 Å². The van der Waals surface area contributed by atoms with E-state index in [0.717, 1.165) is 12.4 Å². The minimum Gasteiger partial charge on any atom is -0.403 e. The van der Waals surface area contributed by atoms with Gasteiger partial charge in [-0.15, -0.1) is 13.2 Å². The van der Waals surface area contributed by atoms with Crippen molar-refractivity contribution in [2.45, 2.75) is 13.0 Å². The Bertz CT molecular complexity index is 328. The van der Waals surface area contributed by atoms with Crippen molar-refractivity contribution in [2.75, 3.05) is 0 Å². The molecule has 78 valence electrons. The van der Waals surface area contributed by atoms with Gasteiger partial charge in [0, 0.05) is 11.8 Å². The quantitative estimate of drug-likeness (QED) is 0.617. The van der Waals surface area contributed by atoms with Crippen molar-refractivity contribution >= 4 is 22.6 Å². The lowest BCUT2D eigenvalue weighted by atomic mass is 10.3. The lowest BCUT2D eigenvalue weighted by Crippen LogP contribution is -2.18. The molecule has 1 aromatic heterocycles. The second kappa shape index (κ2) is 4.28. The fraction of sp³-hybridized carbons (Fsp3) is 0.286. The predicted octanol–water partition coefficient (Wildman–Crippen LogP) is 3.05. The number of halogens is 5. The summed E-state index contributed by atoms with van der Waals surface area (Å²) in [5, 5.41) is 0. The molecule has 1 heterocycles. The second-order valence-corrected chi connectivity index (χ2v) is 3.37. The Balaban J connectivity index is 2.98. The number of aromatic nitrogens is 1. The van der Waals surface area contributed by atoms with E-state index in [2.05, 4.69) is 9.72 Å². The average Bonchev–Trinajstić information content (AvgIpc) is 2.06. The van der Waals surface area contributed by atoms with Crippen LogP contribution in [0.25, 0.3) is 0 Å². The normalized spacial score (nSPS) is 11.5. The number of hydrogen-bond acceptors (Lipinski definition) is 2. The fourth-order valence-electron chi connectivity index (χ4n) is 0.756. The molecule has 0 amide bonds. The Kier molecular flexibility index (Phi) is 3.51. The van der Waals surface area contributed by atoms with Gasteiger partial charge in [-0.05, 0) is 22.6 Å². The minimum atomic E-state index is -4.78. The van der Waals surface area contributed by atoms with Gasteiger partial charge in [-0.1, -0.05) is 0 Å². The summed E-state index contributed by atoms with van der Waals surface area (Å²) in [6, 6.07) is 0. The van der Waals surface area contributed by atoms with E-state index in [-0.39, 0.29) is 9.13 Å². The van der Waals surface area contributed by atoms with E-state index in [1.807, 2.05) is 0 Å². The van der Waals surface area contributed by atoms with Gasteiger partial charge in [0.05, 0.1) is 9.77 Å². The topological polar surface area (TPSA) is 22.1 Å². The molecular weight excluding hydrogens is 317 g/mol. The first kappa shape index (κ1) is 11.5.